The Morgan fingerprint density at radius 3 is 2.12 bits per heavy atom. The summed E-state index contributed by atoms with van der Waals surface area (Å²) in [6.45, 7) is 8.54. The van der Waals surface area contributed by atoms with E-state index in [9.17, 15) is 8.42 Å². The molecular formula is C11H24N2O2S. The minimum Gasteiger partial charge on any atom is -0.330 e. The molecule has 4 nitrogen and oxygen atoms in total. The molecule has 1 fully saturated rings. The third-order valence-corrected chi connectivity index (χ3v) is 4.87. The minimum atomic E-state index is -2.78. The maximum absolute atomic E-state index is 11.4. The van der Waals surface area contributed by atoms with Crippen LogP contribution in [0.1, 0.15) is 27.2 Å². The predicted octanol–water partition coefficient (Wildman–Crippen LogP) is 0.480. The fourth-order valence-electron chi connectivity index (χ4n) is 2.36. The zero-order valence-electron chi connectivity index (χ0n) is 10.6. The second kappa shape index (κ2) is 5.02. The van der Waals surface area contributed by atoms with Gasteiger partial charge in [0, 0.05) is 19.1 Å². The third-order valence-electron chi connectivity index (χ3n) is 3.26. The van der Waals surface area contributed by atoms with Crippen LogP contribution in [-0.4, -0.2) is 50.5 Å². The molecule has 0 aromatic heterocycles. The van der Waals surface area contributed by atoms with Gasteiger partial charge in [0.15, 0.2) is 9.84 Å². The molecule has 1 rings (SSSR count). The van der Waals surface area contributed by atoms with Crippen LogP contribution < -0.4 is 5.73 Å². The Hall–Kier alpha value is -0.130. The fourth-order valence-corrected chi connectivity index (χ4v) is 3.59. The number of nitrogens with zero attached hydrogens (tertiary/aromatic N) is 1. The van der Waals surface area contributed by atoms with E-state index in [0.717, 1.165) is 6.42 Å². The van der Waals surface area contributed by atoms with Crippen molar-refractivity contribution in [2.75, 3.05) is 31.1 Å². The molecule has 1 aliphatic rings. The molecular weight excluding hydrogens is 224 g/mol. The second-order valence-corrected chi connectivity index (χ2v) is 7.95. The van der Waals surface area contributed by atoms with Crippen LogP contribution in [0.3, 0.4) is 0 Å². The van der Waals surface area contributed by atoms with Gasteiger partial charge in [-0.2, -0.15) is 0 Å². The highest BCUT2D eigenvalue weighted by Gasteiger charge is 2.33. The molecule has 0 aliphatic carbocycles. The Labute approximate surface area is 99.1 Å². The largest absolute Gasteiger partial charge is 0.330 e. The van der Waals surface area contributed by atoms with Gasteiger partial charge in [-0.25, -0.2) is 8.42 Å². The molecule has 1 unspecified atom stereocenters. The Morgan fingerprint density at radius 2 is 1.75 bits per heavy atom. The highest BCUT2D eigenvalue weighted by molar-refractivity contribution is 7.91. The summed E-state index contributed by atoms with van der Waals surface area (Å²) in [5.74, 6) is 0.592. The lowest BCUT2D eigenvalue weighted by Crippen LogP contribution is -2.51. The van der Waals surface area contributed by atoms with E-state index in [1.165, 1.54) is 0 Å². The van der Waals surface area contributed by atoms with Gasteiger partial charge in [0.2, 0.25) is 0 Å². The minimum absolute atomic E-state index is 0.153. The lowest BCUT2D eigenvalue weighted by molar-refractivity contribution is 0.102. The first-order valence-corrected chi connectivity index (χ1v) is 7.73. The Balaban J connectivity index is 2.68. The lowest BCUT2D eigenvalue weighted by atomic mass is 9.83. The fraction of sp³-hybridized carbons (Fsp3) is 1.00. The van der Waals surface area contributed by atoms with Crippen molar-refractivity contribution in [2.24, 2.45) is 11.1 Å². The zero-order chi connectivity index (χ0) is 12.4. The van der Waals surface area contributed by atoms with Crippen molar-refractivity contribution in [1.29, 1.82) is 0 Å². The van der Waals surface area contributed by atoms with Crippen LogP contribution >= 0.6 is 0 Å². The van der Waals surface area contributed by atoms with Gasteiger partial charge in [0.05, 0.1) is 11.5 Å². The Bertz CT molecular complexity index is 305. The number of hydrogen-bond acceptors (Lipinski definition) is 4. The van der Waals surface area contributed by atoms with E-state index in [-0.39, 0.29) is 5.41 Å². The van der Waals surface area contributed by atoms with Gasteiger partial charge < -0.3 is 5.73 Å². The van der Waals surface area contributed by atoms with Gasteiger partial charge in [-0.05, 0) is 18.4 Å². The Kier molecular flexibility index (Phi) is 4.37. The molecule has 1 atom stereocenters. The van der Waals surface area contributed by atoms with Gasteiger partial charge in [-0.15, -0.1) is 0 Å². The molecule has 0 radical (unpaired) electrons. The average molecular weight is 248 g/mol. The molecule has 0 aromatic carbocycles. The molecule has 0 spiro atoms. The van der Waals surface area contributed by atoms with E-state index in [2.05, 4.69) is 25.7 Å². The molecule has 0 amide bonds. The summed E-state index contributed by atoms with van der Waals surface area (Å²) < 4.78 is 22.7. The smallest absolute Gasteiger partial charge is 0.152 e. The van der Waals surface area contributed by atoms with E-state index in [1.807, 2.05) is 0 Å². The van der Waals surface area contributed by atoms with Crippen LogP contribution in [0.4, 0.5) is 0 Å². The van der Waals surface area contributed by atoms with Crippen LogP contribution in [-0.2, 0) is 9.84 Å². The monoisotopic (exact) mass is 248 g/mol. The van der Waals surface area contributed by atoms with Gasteiger partial charge in [-0.1, -0.05) is 20.8 Å². The van der Waals surface area contributed by atoms with Crippen molar-refractivity contribution in [2.45, 2.75) is 33.2 Å². The van der Waals surface area contributed by atoms with E-state index >= 15 is 0 Å². The van der Waals surface area contributed by atoms with Crippen molar-refractivity contribution in [3.8, 4) is 0 Å². The van der Waals surface area contributed by atoms with Crippen LogP contribution in [0.25, 0.3) is 0 Å². The van der Waals surface area contributed by atoms with Gasteiger partial charge in [0.1, 0.15) is 0 Å². The molecule has 0 bridgehead atoms. The first-order valence-electron chi connectivity index (χ1n) is 5.91. The first-order chi connectivity index (χ1) is 7.26. The van der Waals surface area contributed by atoms with E-state index in [0.29, 0.717) is 37.2 Å². The second-order valence-electron chi connectivity index (χ2n) is 5.65. The molecule has 1 heterocycles. The molecule has 5 heteroatoms. The highest BCUT2D eigenvalue weighted by Crippen LogP contribution is 2.27. The number of hydrogen-bond donors (Lipinski definition) is 1. The van der Waals surface area contributed by atoms with E-state index in [4.69, 9.17) is 5.73 Å². The summed E-state index contributed by atoms with van der Waals surface area (Å²) in [6, 6.07) is 0.382. The number of rotatable bonds is 3. The standard InChI is InChI=1S/C11H24N2O2S/c1-11(2,3)10(4-5-12)13-6-8-16(14,15)9-7-13/h10H,4-9,12H2,1-3H3. The lowest BCUT2D eigenvalue weighted by Gasteiger charge is -2.42. The zero-order valence-corrected chi connectivity index (χ0v) is 11.4. The average Bonchev–Trinajstić information content (AvgIpc) is 2.13. The molecule has 0 saturated carbocycles. The van der Waals surface area contributed by atoms with Crippen LogP contribution in [0.15, 0.2) is 0 Å². The summed E-state index contributed by atoms with van der Waals surface area (Å²) in [5.41, 5.74) is 5.79. The molecule has 1 saturated heterocycles. The maximum atomic E-state index is 11.4. The topological polar surface area (TPSA) is 63.4 Å². The normalized spacial score (nSPS) is 24.2. The van der Waals surface area contributed by atoms with Crippen molar-refractivity contribution in [3.05, 3.63) is 0 Å². The SMILES string of the molecule is CC(C)(C)C(CCN)N1CCS(=O)(=O)CC1. The number of nitrogens with two attached hydrogens (primary N) is 1. The van der Waals surface area contributed by atoms with E-state index in [1.54, 1.807) is 0 Å². The summed E-state index contributed by atoms with van der Waals surface area (Å²) in [7, 11) is -2.78. The number of sulfone groups is 1. The molecule has 96 valence electrons. The van der Waals surface area contributed by atoms with Crippen LogP contribution in [0.2, 0.25) is 0 Å². The van der Waals surface area contributed by atoms with Gasteiger partial charge in [-0.3, -0.25) is 4.90 Å². The first kappa shape index (κ1) is 13.9. The quantitative estimate of drug-likeness (QED) is 0.789. The van der Waals surface area contributed by atoms with Crippen LogP contribution in [0, 0.1) is 5.41 Å². The van der Waals surface area contributed by atoms with E-state index < -0.39 is 9.84 Å². The van der Waals surface area contributed by atoms with Gasteiger partial charge >= 0.3 is 0 Å². The third kappa shape index (κ3) is 3.71. The van der Waals surface area contributed by atoms with Gasteiger partial charge in [0.25, 0.3) is 0 Å². The maximum Gasteiger partial charge on any atom is 0.152 e. The Morgan fingerprint density at radius 1 is 1.25 bits per heavy atom. The van der Waals surface area contributed by atoms with Crippen molar-refractivity contribution >= 4 is 9.84 Å². The highest BCUT2D eigenvalue weighted by atomic mass is 32.2. The molecule has 16 heavy (non-hydrogen) atoms. The molecule has 0 aromatic rings. The summed E-state index contributed by atoms with van der Waals surface area (Å²) in [5, 5.41) is 0. The molecule has 2 N–H and O–H groups in total. The van der Waals surface area contributed by atoms with Crippen molar-refractivity contribution < 1.29 is 8.42 Å². The van der Waals surface area contributed by atoms with Crippen LogP contribution in [0.5, 0.6) is 0 Å². The predicted molar refractivity (Wildman–Crippen MR) is 67.1 cm³/mol. The van der Waals surface area contributed by atoms with Crippen molar-refractivity contribution in [1.82, 2.24) is 4.90 Å². The summed E-state index contributed by atoms with van der Waals surface area (Å²) in [6.07, 6.45) is 0.934. The molecule has 1 aliphatic heterocycles. The summed E-state index contributed by atoms with van der Waals surface area (Å²) in [4.78, 5) is 2.29. The summed E-state index contributed by atoms with van der Waals surface area (Å²) >= 11 is 0. The van der Waals surface area contributed by atoms with Crippen molar-refractivity contribution in [3.63, 3.8) is 0 Å².